The first-order valence-corrected chi connectivity index (χ1v) is 9.50. The largest absolute Gasteiger partial charge is 0.497 e. The second-order valence-corrected chi connectivity index (χ2v) is 7.05. The first-order valence-electron chi connectivity index (χ1n) is 9.50. The van der Waals surface area contributed by atoms with Gasteiger partial charge in [-0.25, -0.2) is 0 Å². The Morgan fingerprint density at radius 1 is 0.964 bits per heavy atom. The number of para-hydroxylation sites is 1. The summed E-state index contributed by atoms with van der Waals surface area (Å²) in [6, 6.07) is 25.9. The Morgan fingerprint density at radius 3 is 2.36 bits per heavy atom. The molecule has 0 radical (unpaired) electrons. The third-order valence-corrected chi connectivity index (χ3v) is 5.17. The number of hydrogen-bond acceptors (Lipinski definition) is 2. The second kappa shape index (κ2) is 7.73. The Bertz CT molecular complexity index is 1010. The summed E-state index contributed by atoms with van der Waals surface area (Å²) in [6.45, 7) is 2.11. The highest BCUT2D eigenvalue weighted by molar-refractivity contribution is 6.30. The molecule has 3 nitrogen and oxygen atoms in total. The molecule has 0 fully saturated rings. The summed E-state index contributed by atoms with van der Waals surface area (Å²) in [5.74, 6) is 0.825. The van der Waals surface area contributed by atoms with Gasteiger partial charge in [0.1, 0.15) is 5.75 Å². The van der Waals surface area contributed by atoms with Crippen LogP contribution in [0.2, 0.25) is 0 Å². The van der Waals surface area contributed by atoms with Gasteiger partial charge in [0, 0.05) is 17.3 Å². The van der Waals surface area contributed by atoms with Gasteiger partial charge in [0.2, 0.25) is 0 Å². The van der Waals surface area contributed by atoms with Crippen molar-refractivity contribution in [2.45, 2.75) is 19.4 Å². The Kier molecular flexibility index (Phi) is 4.98. The number of hydrogen-bond donors (Lipinski definition) is 0. The molecule has 140 valence electrons. The average Bonchev–Trinajstić information content (AvgIpc) is 3.08. The number of carbonyl (C=O) groups excluding carboxylic acids is 1. The van der Waals surface area contributed by atoms with Gasteiger partial charge in [0.05, 0.1) is 7.11 Å². The lowest BCUT2D eigenvalue weighted by Crippen LogP contribution is -2.36. The molecular weight excluding hydrogens is 346 g/mol. The van der Waals surface area contributed by atoms with Gasteiger partial charge in [-0.05, 0) is 54.3 Å². The average molecular weight is 369 g/mol. The van der Waals surface area contributed by atoms with Crippen molar-refractivity contribution in [2.75, 3.05) is 12.0 Å². The van der Waals surface area contributed by atoms with Crippen molar-refractivity contribution in [2.24, 2.45) is 0 Å². The van der Waals surface area contributed by atoms with Crippen LogP contribution in [0, 0.1) is 0 Å². The number of nitrogens with zero attached hydrogens (tertiary/aromatic N) is 1. The summed E-state index contributed by atoms with van der Waals surface area (Å²) < 4.78 is 5.24. The summed E-state index contributed by atoms with van der Waals surface area (Å²) in [7, 11) is 1.65. The molecule has 1 aliphatic heterocycles. The standard InChI is InChI=1S/C25H23NO2/c1-18-16-21-10-6-7-11-24(21)26(18)25(27)23(20-8-4-3-5-9-20)17-19-12-14-22(28-2)15-13-19/h3-15,17-18H,16H2,1-2H3/b23-17+/t18-/m0/s1. The van der Waals surface area contributed by atoms with E-state index in [1.54, 1.807) is 7.11 Å². The maximum absolute atomic E-state index is 13.7. The fourth-order valence-electron chi connectivity index (χ4n) is 3.76. The van der Waals surface area contributed by atoms with Crippen molar-refractivity contribution < 1.29 is 9.53 Å². The van der Waals surface area contributed by atoms with E-state index in [4.69, 9.17) is 4.74 Å². The number of carbonyl (C=O) groups is 1. The van der Waals surface area contributed by atoms with Crippen molar-refractivity contribution >= 4 is 23.2 Å². The number of benzene rings is 3. The van der Waals surface area contributed by atoms with E-state index in [9.17, 15) is 4.79 Å². The Balaban J connectivity index is 1.77. The summed E-state index contributed by atoms with van der Waals surface area (Å²) in [4.78, 5) is 15.6. The Morgan fingerprint density at radius 2 is 1.64 bits per heavy atom. The summed E-state index contributed by atoms with van der Waals surface area (Å²) >= 11 is 0. The fraction of sp³-hybridized carbons (Fsp3) is 0.160. The Labute approximate surface area is 165 Å². The first kappa shape index (κ1) is 18.1. The van der Waals surface area contributed by atoms with E-state index in [1.165, 1.54) is 5.56 Å². The number of ether oxygens (including phenoxy) is 1. The van der Waals surface area contributed by atoms with Crippen molar-refractivity contribution in [3.05, 3.63) is 95.6 Å². The minimum Gasteiger partial charge on any atom is -0.497 e. The van der Waals surface area contributed by atoms with Crippen LogP contribution in [0.1, 0.15) is 23.6 Å². The zero-order valence-corrected chi connectivity index (χ0v) is 16.1. The fourth-order valence-corrected chi connectivity index (χ4v) is 3.76. The van der Waals surface area contributed by atoms with Crippen molar-refractivity contribution in [1.82, 2.24) is 0 Å². The van der Waals surface area contributed by atoms with Crippen LogP contribution in [0.25, 0.3) is 11.6 Å². The number of fused-ring (bicyclic) bond motifs is 1. The van der Waals surface area contributed by atoms with Gasteiger partial charge in [0.15, 0.2) is 0 Å². The van der Waals surface area contributed by atoms with Gasteiger partial charge in [-0.2, -0.15) is 0 Å². The molecule has 1 aliphatic rings. The molecule has 0 unspecified atom stereocenters. The molecule has 0 aliphatic carbocycles. The Hall–Kier alpha value is -3.33. The molecule has 3 heteroatoms. The van der Waals surface area contributed by atoms with Crippen LogP contribution in [0.5, 0.6) is 5.75 Å². The van der Waals surface area contributed by atoms with E-state index in [2.05, 4.69) is 13.0 Å². The predicted octanol–water partition coefficient (Wildman–Crippen LogP) is 5.21. The zero-order chi connectivity index (χ0) is 19.5. The van der Waals surface area contributed by atoms with Crippen LogP contribution in [0.15, 0.2) is 78.9 Å². The number of rotatable bonds is 4. The molecule has 0 spiro atoms. The third-order valence-electron chi connectivity index (χ3n) is 5.17. The molecule has 3 aromatic carbocycles. The lowest BCUT2D eigenvalue weighted by Gasteiger charge is -2.24. The van der Waals surface area contributed by atoms with Crippen LogP contribution in [-0.4, -0.2) is 19.1 Å². The van der Waals surface area contributed by atoms with Gasteiger partial charge < -0.3 is 9.64 Å². The highest BCUT2D eigenvalue weighted by Crippen LogP contribution is 2.35. The lowest BCUT2D eigenvalue weighted by molar-refractivity contribution is -0.113. The van der Waals surface area contributed by atoms with E-state index in [0.29, 0.717) is 5.57 Å². The molecule has 0 N–H and O–H groups in total. The van der Waals surface area contributed by atoms with Crippen LogP contribution in [0.3, 0.4) is 0 Å². The summed E-state index contributed by atoms with van der Waals surface area (Å²) in [5.41, 5.74) is 4.80. The topological polar surface area (TPSA) is 29.5 Å². The van der Waals surface area contributed by atoms with Crippen molar-refractivity contribution in [1.29, 1.82) is 0 Å². The summed E-state index contributed by atoms with van der Waals surface area (Å²) in [6.07, 6.45) is 2.84. The molecule has 28 heavy (non-hydrogen) atoms. The van der Waals surface area contributed by atoms with E-state index in [0.717, 1.165) is 29.0 Å². The monoisotopic (exact) mass is 369 g/mol. The predicted molar refractivity (Wildman–Crippen MR) is 114 cm³/mol. The highest BCUT2D eigenvalue weighted by Gasteiger charge is 2.32. The van der Waals surface area contributed by atoms with Gasteiger partial charge in [-0.1, -0.05) is 60.7 Å². The molecule has 3 aromatic rings. The van der Waals surface area contributed by atoms with Gasteiger partial charge in [-0.15, -0.1) is 0 Å². The summed E-state index contributed by atoms with van der Waals surface area (Å²) in [5, 5.41) is 0. The number of anilines is 1. The van der Waals surface area contributed by atoms with Crippen LogP contribution in [-0.2, 0) is 11.2 Å². The van der Waals surface area contributed by atoms with Crippen molar-refractivity contribution in [3.63, 3.8) is 0 Å². The zero-order valence-electron chi connectivity index (χ0n) is 16.1. The maximum atomic E-state index is 13.7. The minimum atomic E-state index is 0.0273. The first-order chi connectivity index (χ1) is 13.7. The van der Waals surface area contributed by atoms with Gasteiger partial charge >= 0.3 is 0 Å². The van der Waals surface area contributed by atoms with E-state index < -0.39 is 0 Å². The minimum absolute atomic E-state index is 0.0273. The van der Waals surface area contributed by atoms with Crippen molar-refractivity contribution in [3.8, 4) is 5.75 Å². The molecule has 1 atom stereocenters. The SMILES string of the molecule is COc1ccc(/C=C(/C(=O)N2c3ccccc3C[C@@H]2C)c2ccccc2)cc1. The molecule has 0 aromatic heterocycles. The molecule has 0 bridgehead atoms. The highest BCUT2D eigenvalue weighted by atomic mass is 16.5. The van der Waals surface area contributed by atoms with Crippen LogP contribution in [0.4, 0.5) is 5.69 Å². The van der Waals surface area contributed by atoms with Gasteiger partial charge in [-0.3, -0.25) is 4.79 Å². The second-order valence-electron chi connectivity index (χ2n) is 7.05. The molecule has 1 amide bonds. The number of methoxy groups -OCH3 is 1. The molecule has 1 heterocycles. The van der Waals surface area contributed by atoms with Crippen LogP contribution >= 0.6 is 0 Å². The van der Waals surface area contributed by atoms with Crippen LogP contribution < -0.4 is 9.64 Å². The molecule has 4 rings (SSSR count). The molecule has 0 saturated carbocycles. The normalized spacial score (nSPS) is 16.0. The smallest absolute Gasteiger partial charge is 0.259 e. The van der Waals surface area contributed by atoms with Gasteiger partial charge in [0.25, 0.3) is 5.91 Å². The third kappa shape index (κ3) is 3.44. The maximum Gasteiger partial charge on any atom is 0.259 e. The van der Waals surface area contributed by atoms with E-state index in [1.807, 2.05) is 83.8 Å². The van der Waals surface area contributed by atoms with E-state index >= 15 is 0 Å². The van der Waals surface area contributed by atoms with E-state index in [-0.39, 0.29) is 11.9 Å². The quantitative estimate of drug-likeness (QED) is 0.466. The molecule has 0 saturated heterocycles. The lowest BCUT2D eigenvalue weighted by atomic mass is 10.0. The number of amides is 1. The molecular formula is C25H23NO2.